The molecule has 0 aromatic carbocycles. The molecule has 0 atom stereocenters. The van der Waals surface area contributed by atoms with Crippen molar-refractivity contribution >= 4 is 28.2 Å². The third kappa shape index (κ3) is 2.86. The smallest absolute Gasteiger partial charge is 0.209 e. The Labute approximate surface area is 119 Å². The molecule has 0 unspecified atom stereocenters. The van der Waals surface area contributed by atoms with Gasteiger partial charge in [0.15, 0.2) is 0 Å². The quantitative estimate of drug-likeness (QED) is 0.845. The first-order valence-electron chi connectivity index (χ1n) is 6.27. The van der Waals surface area contributed by atoms with E-state index < -0.39 is 0 Å². The van der Waals surface area contributed by atoms with E-state index in [1.54, 1.807) is 23.1 Å². The number of nitrogens with zero attached hydrogens (tertiary/aromatic N) is 6. The number of anilines is 1. The fraction of sp³-hybridized carbons (Fsp3) is 0.700. The molecule has 0 radical (unpaired) electrons. The largest absolute Gasteiger partial charge is 0.363 e. The average Bonchev–Trinajstić information content (AvgIpc) is 3.16. The minimum atomic E-state index is 0.472. The Balaban J connectivity index is 1.65. The van der Waals surface area contributed by atoms with Gasteiger partial charge in [0, 0.05) is 7.05 Å². The standard InChI is InChI=1S/C10H15N7S2/c1-11-9-13-12-8(19-9)6-18-10-14-15-16-17(10)7-4-2-3-5-7/h7H,2-6H2,1H3,(H,11,13). The van der Waals surface area contributed by atoms with Crippen molar-refractivity contribution in [3.63, 3.8) is 0 Å². The Morgan fingerprint density at radius 2 is 2.16 bits per heavy atom. The Morgan fingerprint density at radius 3 is 2.89 bits per heavy atom. The van der Waals surface area contributed by atoms with Crippen LogP contribution in [0.1, 0.15) is 36.7 Å². The second kappa shape index (κ2) is 5.83. The van der Waals surface area contributed by atoms with Crippen LogP contribution in [0.15, 0.2) is 5.16 Å². The van der Waals surface area contributed by atoms with E-state index in [1.807, 2.05) is 11.7 Å². The number of hydrogen-bond donors (Lipinski definition) is 1. The molecule has 0 saturated heterocycles. The summed E-state index contributed by atoms with van der Waals surface area (Å²) in [6.45, 7) is 0. The predicted octanol–water partition coefficient (Wildman–Crippen LogP) is 1.97. The zero-order valence-electron chi connectivity index (χ0n) is 10.6. The molecule has 1 fully saturated rings. The van der Waals surface area contributed by atoms with Gasteiger partial charge < -0.3 is 5.32 Å². The zero-order chi connectivity index (χ0) is 13.1. The maximum atomic E-state index is 4.12. The molecule has 0 amide bonds. The third-order valence-corrected chi connectivity index (χ3v) is 5.21. The van der Waals surface area contributed by atoms with Crippen molar-refractivity contribution in [2.45, 2.75) is 42.6 Å². The van der Waals surface area contributed by atoms with Gasteiger partial charge in [-0.2, -0.15) is 0 Å². The number of thioether (sulfide) groups is 1. The molecule has 1 N–H and O–H groups in total. The molecule has 0 bridgehead atoms. The topological polar surface area (TPSA) is 81.4 Å². The van der Waals surface area contributed by atoms with Crippen LogP contribution in [-0.2, 0) is 5.75 Å². The lowest BCUT2D eigenvalue weighted by atomic mass is 10.3. The van der Waals surface area contributed by atoms with Crippen LogP contribution >= 0.6 is 23.1 Å². The van der Waals surface area contributed by atoms with Crippen molar-refractivity contribution in [1.82, 2.24) is 30.4 Å². The summed E-state index contributed by atoms with van der Waals surface area (Å²) in [5.41, 5.74) is 0. The zero-order valence-corrected chi connectivity index (χ0v) is 12.2. The summed E-state index contributed by atoms with van der Waals surface area (Å²) in [5, 5.41) is 25.9. The van der Waals surface area contributed by atoms with Crippen LogP contribution in [0.25, 0.3) is 0 Å². The van der Waals surface area contributed by atoms with Gasteiger partial charge in [-0.05, 0) is 23.3 Å². The number of nitrogens with one attached hydrogen (secondary N) is 1. The molecule has 7 nitrogen and oxygen atoms in total. The van der Waals surface area contributed by atoms with Gasteiger partial charge in [0.05, 0.1) is 11.8 Å². The van der Waals surface area contributed by atoms with E-state index in [4.69, 9.17) is 0 Å². The molecule has 0 spiro atoms. The van der Waals surface area contributed by atoms with Gasteiger partial charge in [-0.25, -0.2) is 4.68 Å². The number of tetrazole rings is 1. The van der Waals surface area contributed by atoms with Crippen molar-refractivity contribution in [2.75, 3.05) is 12.4 Å². The summed E-state index contributed by atoms with van der Waals surface area (Å²) in [6, 6.07) is 0.472. The molecular formula is C10H15N7S2. The predicted molar refractivity (Wildman–Crippen MR) is 74.3 cm³/mol. The lowest BCUT2D eigenvalue weighted by molar-refractivity contribution is 0.423. The highest BCUT2D eigenvalue weighted by Crippen LogP contribution is 2.32. The average molecular weight is 297 g/mol. The first kappa shape index (κ1) is 12.8. The van der Waals surface area contributed by atoms with Gasteiger partial charge >= 0.3 is 0 Å². The van der Waals surface area contributed by atoms with Crippen LogP contribution in [-0.4, -0.2) is 37.5 Å². The van der Waals surface area contributed by atoms with E-state index in [0.717, 1.165) is 21.0 Å². The highest BCUT2D eigenvalue weighted by atomic mass is 32.2. The van der Waals surface area contributed by atoms with Crippen LogP contribution in [0.2, 0.25) is 0 Å². The highest BCUT2D eigenvalue weighted by Gasteiger charge is 2.21. The molecule has 2 aromatic heterocycles. The minimum absolute atomic E-state index is 0.472. The Bertz CT molecular complexity index is 531. The van der Waals surface area contributed by atoms with Crippen molar-refractivity contribution in [1.29, 1.82) is 0 Å². The third-order valence-electron chi connectivity index (χ3n) is 3.14. The lowest BCUT2D eigenvalue weighted by Gasteiger charge is -2.09. The fourth-order valence-corrected chi connectivity index (χ4v) is 3.82. The van der Waals surface area contributed by atoms with Crippen LogP contribution in [0.4, 0.5) is 5.13 Å². The molecule has 102 valence electrons. The van der Waals surface area contributed by atoms with Gasteiger partial charge in [-0.1, -0.05) is 35.9 Å². The van der Waals surface area contributed by atoms with Crippen LogP contribution in [0.3, 0.4) is 0 Å². The molecule has 2 aromatic rings. The summed E-state index contributed by atoms with van der Waals surface area (Å²) >= 11 is 3.19. The molecule has 1 saturated carbocycles. The summed E-state index contributed by atoms with van der Waals surface area (Å²) in [4.78, 5) is 0. The maximum Gasteiger partial charge on any atom is 0.209 e. The van der Waals surface area contributed by atoms with Gasteiger partial charge in [-0.3, -0.25) is 0 Å². The molecule has 1 aliphatic carbocycles. The van der Waals surface area contributed by atoms with Crippen molar-refractivity contribution < 1.29 is 0 Å². The van der Waals surface area contributed by atoms with Crippen molar-refractivity contribution in [2.24, 2.45) is 0 Å². The van der Waals surface area contributed by atoms with Gasteiger partial charge in [0.2, 0.25) is 10.3 Å². The van der Waals surface area contributed by atoms with E-state index in [-0.39, 0.29) is 0 Å². The van der Waals surface area contributed by atoms with Gasteiger partial charge in [0.25, 0.3) is 0 Å². The summed E-state index contributed by atoms with van der Waals surface area (Å²) in [5.74, 6) is 0.756. The Kier molecular flexibility index (Phi) is 3.92. The summed E-state index contributed by atoms with van der Waals surface area (Å²) in [7, 11) is 1.85. The molecular weight excluding hydrogens is 282 g/mol. The number of aromatic nitrogens is 6. The Morgan fingerprint density at radius 1 is 1.32 bits per heavy atom. The van der Waals surface area contributed by atoms with Gasteiger partial charge in [0.1, 0.15) is 5.01 Å². The van der Waals surface area contributed by atoms with E-state index in [9.17, 15) is 0 Å². The van der Waals surface area contributed by atoms with Gasteiger partial charge in [-0.15, -0.1) is 15.3 Å². The molecule has 9 heteroatoms. The summed E-state index contributed by atoms with van der Waals surface area (Å²) < 4.78 is 1.97. The first-order valence-corrected chi connectivity index (χ1v) is 8.08. The number of rotatable bonds is 5. The number of hydrogen-bond acceptors (Lipinski definition) is 8. The van der Waals surface area contributed by atoms with Crippen molar-refractivity contribution in [3.8, 4) is 0 Å². The van der Waals surface area contributed by atoms with Crippen LogP contribution in [0, 0.1) is 0 Å². The molecule has 1 aliphatic rings. The fourth-order valence-electron chi connectivity index (χ4n) is 2.20. The molecule has 0 aliphatic heterocycles. The SMILES string of the molecule is CNc1nnc(CSc2nnnn2C2CCCC2)s1. The maximum absolute atomic E-state index is 4.12. The van der Waals surface area contributed by atoms with Crippen molar-refractivity contribution in [3.05, 3.63) is 5.01 Å². The monoisotopic (exact) mass is 297 g/mol. The van der Waals surface area contributed by atoms with E-state index >= 15 is 0 Å². The van der Waals surface area contributed by atoms with Crippen LogP contribution < -0.4 is 5.32 Å². The molecule has 19 heavy (non-hydrogen) atoms. The minimum Gasteiger partial charge on any atom is -0.363 e. The molecule has 2 heterocycles. The second-order valence-corrected chi connectivity index (χ2v) is 6.39. The molecule has 3 rings (SSSR count). The first-order chi connectivity index (χ1) is 9.36. The van der Waals surface area contributed by atoms with E-state index in [1.165, 1.54) is 25.7 Å². The highest BCUT2D eigenvalue weighted by molar-refractivity contribution is 7.98. The normalized spacial score (nSPS) is 16.1. The summed E-state index contributed by atoms with van der Waals surface area (Å²) in [6.07, 6.45) is 4.91. The van der Waals surface area contributed by atoms with E-state index in [2.05, 4.69) is 31.0 Å². The van der Waals surface area contributed by atoms with Crippen LogP contribution in [0.5, 0.6) is 0 Å². The Hall–Kier alpha value is -1.22. The lowest BCUT2D eigenvalue weighted by Crippen LogP contribution is -2.08. The second-order valence-electron chi connectivity index (χ2n) is 4.38. The van der Waals surface area contributed by atoms with E-state index in [0.29, 0.717) is 6.04 Å².